The van der Waals surface area contributed by atoms with E-state index in [1.165, 1.54) is 0 Å². The molecule has 0 saturated heterocycles. The van der Waals surface area contributed by atoms with Gasteiger partial charge in [0.1, 0.15) is 0 Å². The predicted molar refractivity (Wildman–Crippen MR) is 78.4 cm³/mol. The van der Waals surface area contributed by atoms with Crippen LogP contribution in [0.4, 0.5) is 5.69 Å². The van der Waals surface area contributed by atoms with Crippen molar-refractivity contribution >= 4 is 50.6 Å². The molecular formula is C13H8BrCl2NO. The van der Waals surface area contributed by atoms with Crippen LogP contribution in [0.3, 0.4) is 0 Å². The lowest BCUT2D eigenvalue weighted by atomic mass is 10.0. The Balaban J connectivity index is 2.55. The first-order valence-corrected chi connectivity index (χ1v) is 6.58. The Morgan fingerprint density at radius 2 is 1.89 bits per heavy atom. The van der Waals surface area contributed by atoms with Crippen molar-refractivity contribution in [1.29, 1.82) is 0 Å². The van der Waals surface area contributed by atoms with Gasteiger partial charge in [0.15, 0.2) is 5.78 Å². The maximum Gasteiger partial charge on any atom is 0.195 e. The molecule has 0 aliphatic carbocycles. The standard InChI is InChI=1S/C13H8BrCl2NO/c14-10-2-1-3-11(16)12(10)13(18)7-4-8(15)6-9(17)5-7/h1-6H,17H2. The normalized spacial score (nSPS) is 10.4. The molecule has 18 heavy (non-hydrogen) atoms. The van der Waals surface area contributed by atoms with E-state index >= 15 is 0 Å². The van der Waals surface area contributed by atoms with Crippen LogP contribution in [-0.2, 0) is 0 Å². The molecule has 0 aliphatic heterocycles. The van der Waals surface area contributed by atoms with Gasteiger partial charge in [-0.3, -0.25) is 4.79 Å². The number of nitrogens with two attached hydrogens (primary N) is 1. The van der Waals surface area contributed by atoms with Crippen LogP contribution >= 0.6 is 39.1 Å². The van der Waals surface area contributed by atoms with Crippen LogP contribution in [0.15, 0.2) is 40.9 Å². The van der Waals surface area contributed by atoms with Crippen molar-refractivity contribution in [3.8, 4) is 0 Å². The van der Waals surface area contributed by atoms with E-state index < -0.39 is 0 Å². The summed E-state index contributed by atoms with van der Waals surface area (Å²) in [4.78, 5) is 12.4. The summed E-state index contributed by atoms with van der Waals surface area (Å²) >= 11 is 15.2. The minimum Gasteiger partial charge on any atom is -0.399 e. The Morgan fingerprint density at radius 3 is 2.50 bits per heavy atom. The first-order chi connectivity index (χ1) is 8.49. The van der Waals surface area contributed by atoms with Crippen molar-refractivity contribution in [2.24, 2.45) is 0 Å². The molecular weight excluding hydrogens is 337 g/mol. The van der Waals surface area contributed by atoms with Crippen molar-refractivity contribution in [2.45, 2.75) is 0 Å². The number of nitrogen functional groups attached to an aromatic ring is 1. The molecule has 2 N–H and O–H groups in total. The highest BCUT2D eigenvalue weighted by Gasteiger charge is 2.16. The molecule has 2 aromatic carbocycles. The summed E-state index contributed by atoms with van der Waals surface area (Å²) in [7, 11) is 0. The quantitative estimate of drug-likeness (QED) is 0.640. The number of rotatable bonds is 2. The third kappa shape index (κ3) is 2.69. The third-order valence-corrected chi connectivity index (χ3v) is 3.57. The molecule has 2 rings (SSSR count). The number of benzene rings is 2. The summed E-state index contributed by atoms with van der Waals surface area (Å²) in [5.41, 5.74) is 6.92. The van der Waals surface area contributed by atoms with E-state index in [-0.39, 0.29) is 5.78 Å². The molecule has 2 nitrogen and oxygen atoms in total. The Morgan fingerprint density at radius 1 is 1.17 bits per heavy atom. The fourth-order valence-electron chi connectivity index (χ4n) is 1.60. The molecule has 92 valence electrons. The SMILES string of the molecule is Nc1cc(Cl)cc(C(=O)c2c(Cl)cccc2Br)c1. The van der Waals surface area contributed by atoms with Crippen LogP contribution in [0.1, 0.15) is 15.9 Å². The minimum absolute atomic E-state index is 0.221. The molecule has 0 heterocycles. The highest BCUT2D eigenvalue weighted by molar-refractivity contribution is 9.10. The summed E-state index contributed by atoms with van der Waals surface area (Å²) in [6.07, 6.45) is 0. The van der Waals surface area contributed by atoms with E-state index in [2.05, 4.69) is 15.9 Å². The molecule has 0 aliphatic rings. The Hall–Kier alpha value is -1.03. The van der Waals surface area contributed by atoms with Gasteiger partial charge in [0.05, 0.1) is 10.6 Å². The number of carbonyl (C=O) groups excluding carboxylic acids is 1. The Labute approximate surface area is 123 Å². The second-order valence-electron chi connectivity index (χ2n) is 3.70. The van der Waals surface area contributed by atoms with Gasteiger partial charge in [-0.05, 0) is 46.3 Å². The van der Waals surface area contributed by atoms with Gasteiger partial charge in [0.25, 0.3) is 0 Å². The second kappa shape index (κ2) is 5.31. The summed E-state index contributed by atoms with van der Waals surface area (Å²) < 4.78 is 0.638. The van der Waals surface area contributed by atoms with Crippen LogP contribution < -0.4 is 5.73 Å². The van der Waals surface area contributed by atoms with E-state index in [9.17, 15) is 4.79 Å². The Kier molecular flexibility index (Phi) is 3.95. The molecule has 0 saturated carbocycles. The monoisotopic (exact) mass is 343 g/mol. The molecule has 0 amide bonds. The van der Waals surface area contributed by atoms with E-state index in [4.69, 9.17) is 28.9 Å². The van der Waals surface area contributed by atoms with E-state index in [0.29, 0.717) is 31.3 Å². The summed E-state index contributed by atoms with van der Waals surface area (Å²) in [6, 6.07) is 9.90. The van der Waals surface area contributed by atoms with Gasteiger partial charge >= 0.3 is 0 Å². The zero-order valence-electron chi connectivity index (χ0n) is 9.08. The fraction of sp³-hybridized carbons (Fsp3) is 0. The highest BCUT2D eigenvalue weighted by atomic mass is 79.9. The molecule has 0 fully saturated rings. The van der Waals surface area contributed by atoms with E-state index in [1.807, 2.05) is 0 Å². The van der Waals surface area contributed by atoms with E-state index in [0.717, 1.165) is 0 Å². The minimum atomic E-state index is -0.221. The smallest absolute Gasteiger partial charge is 0.195 e. The number of anilines is 1. The van der Waals surface area contributed by atoms with E-state index in [1.54, 1.807) is 36.4 Å². The Bertz CT molecular complexity index is 588. The number of ketones is 1. The van der Waals surface area contributed by atoms with Crippen molar-refractivity contribution < 1.29 is 4.79 Å². The number of halogens is 3. The fourth-order valence-corrected chi connectivity index (χ4v) is 2.77. The van der Waals surface area contributed by atoms with Crippen molar-refractivity contribution in [3.63, 3.8) is 0 Å². The van der Waals surface area contributed by atoms with Gasteiger partial charge in [0, 0.05) is 20.7 Å². The topological polar surface area (TPSA) is 43.1 Å². The van der Waals surface area contributed by atoms with Crippen LogP contribution in [0.25, 0.3) is 0 Å². The average Bonchev–Trinajstić information content (AvgIpc) is 2.27. The van der Waals surface area contributed by atoms with Crippen LogP contribution in [-0.4, -0.2) is 5.78 Å². The van der Waals surface area contributed by atoms with Crippen molar-refractivity contribution in [2.75, 3.05) is 5.73 Å². The van der Waals surface area contributed by atoms with Crippen LogP contribution in [0, 0.1) is 0 Å². The largest absolute Gasteiger partial charge is 0.399 e. The molecule has 0 unspecified atom stereocenters. The zero-order chi connectivity index (χ0) is 13.3. The molecule has 2 aromatic rings. The third-order valence-electron chi connectivity index (χ3n) is 2.37. The average molecular weight is 345 g/mol. The maximum absolute atomic E-state index is 12.4. The molecule has 0 bridgehead atoms. The zero-order valence-corrected chi connectivity index (χ0v) is 12.2. The predicted octanol–water partition coefficient (Wildman–Crippen LogP) is 4.57. The lowest BCUT2D eigenvalue weighted by Gasteiger charge is -2.07. The van der Waals surface area contributed by atoms with Gasteiger partial charge < -0.3 is 5.73 Å². The molecule has 0 radical (unpaired) electrons. The van der Waals surface area contributed by atoms with Gasteiger partial charge in [-0.2, -0.15) is 0 Å². The first kappa shape index (κ1) is 13.4. The summed E-state index contributed by atoms with van der Waals surface area (Å²) in [5.74, 6) is -0.221. The summed E-state index contributed by atoms with van der Waals surface area (Å²) in [6.45, 7) is 0. The van der Waals surface area contributed by atoms with Crippen molar-refractivity contribution in [1.82, 2.24) is 0 Å². The molecule has 0 aromatic heterocycles. The van der Waals surface area contributed by atoms with Crippen LogP contribution in [0.2, 0.25) is 10.0 Å². The number of hydrogen-bond donors (Lipinski definition) is 1. The van der Waals surface area contributed by atoms with Crippen LogP contribution in [0.5, 0.6) is 0 Å². The highest BCUT2D eigenvalue weighted by Crippen LogP contribution is 2.28. The van der Waals surface area contributed by atoms with Gasteiger partial charge in [0.2, 0.25) is 0 Å². The molecule has 0 atom stereocenters. The second-order valence-corrected chi connectivity index (χ2v) is 5.40. The van der Waals surface area contributed by atoms with Gasteiger partial charge in [-0.15, -0.1) is 0 Å². The summed E-state index contributed by atoms with van der Waals surface area (Å²) in [5, 5.41) is 0.800. The number of carbonyl (C=O) groups is 1. The number of hydrogen-bond acceptors (Lipinski definition) is 2. The first-order valence-electron chi connectivity index (χ1n) is 5.04. The van der Waals surface area contributed by atoms with Gasteiger partial charge in [-0.25, -0.2) is 0 Å². The van der Waals surface area contributed by atoms with Crippen molar-refractivity contribution in [3.05, 3.63) is 62.0 Å². The molecule has 0 spiro atoms. The lowest BCUT2D eigenvalue weighted by Crippen LogP contribution is -2.04. The van der Waals surface area contributed by atoms with Gasteiger partial charge in [-0.1, -0.05) is 29.3 Å². The maximum atomic E-state index is 12.4. The lowest BCUT2D eigenvalue weighted by molar-refractivity contribution is 0.103. The molecule has 5 heteroatoms.